The number of hydrogen-bond donors (Lipinski definition) is 0. The maximum absolute atomic E-state index is 13.0. The van der Waals surface area contributed by atoms with Gasteiger partial charge in [0.25, 0.3) is 0 Å². The first-order valence-electron chi connectivity index (χ1n) is 9.97. The van der Waals surface area contributed by atoms with Crippen LogP contribution in [0.3, 0.4) is 0 Å². The zero-order valence-corrected chi connectivity index (χ0v) is 18.0. The van der Waals surface area contributed by atoms with Crippen molar-refractivity contribution in [3.05, 3.63) is 29.3 Å². The Balaban J connectivity index is 1.89. The number of amides is 2. The van der Waals surface area contributed by atoms with Gasteiger partial charge in [-0.15, -0.1) is 0 Å². The topological polar surface area (TPSA) is 59.1 Å². The Bertz CT molecular complexity index is 776. The van der Waals surface area contributed by atoms with E-state index in [1.54, 1.807) is 4.90 Å². The van der Waals surface area contributed by atoms with E-state index in [0.717, 1.165) is 16.8 Å². The monoisotopic (exact) mass is 388 g/mol. The third kappa shape index (κ3) is 4.10. The van der Waals surface area contributed by atoms with Crippen molar-refractivity contribution in [2.24, 2.45) is 0 Å². The predicted octanol–water partition coefficient (Wildman–Crippen LogP) is 4.84. The summed E-state index contributed by atoms with van der Waals surface area (Å²) in [4.78, 5) is 29.2. The van der Waals surface area contributed by atoms with E-state index in [0.29, 0.717) is 19.5 Å². The van der Waals surface area contributed by atoms with Crippen LogP contribution in [0.2, 0.25) is 0 Å². The molecule has 0 aromatic heterocycles. The van der Waals surface area contributed by atoms with Crippen molar-refractivity contribution >= 4 is 17.9 Å². The zero-order valence-electron chi connectivity index (χ0n) is 18.0. The molecule has 3 rings (SSSR count). The van der Waals surface area contributed by atoms with Gasteiger partial charge in [0.2, 0.25) is 0 Å². The van der Waals surface area contributed by atoms with Crippen molar-refractivity contribution in [2.45, 2.75) is 78.0 Å². The summed E-state index contributed by atoms with van der Waals surface area (Å²) in [7, 11) is 0. The van der Waals surface area contributed by atoms with Gasteiger partial charge in [-0.3, -0.25) is 4.90 Å². The summed E-state index contributed by atoms with van der Waals surface area (Å²) in [5, 5.41) is 0. The fourth-order valence-corrected chi connectivity index (χ4v) is 4.06. The normalized spacial score (nSPS) is 21.8. The smallest absolute Gasteiger partial charge is 0.415 e. The molecule has 0 saturated carbocycles. The lowest BCUT2D eigenvalue weighted by molar-refractivity contribution is 0.0185. The number of hydrogen-bond acceptors (Lipinski definition) is 4. The summed E-state index contributed by atoms with van der Waals surface area (Å²) in [5.41, 5.74) is 1.99. The molecular weight excluding hydrogens is 356 g/mol. The van der Waals surface area contributed by atoms with Gasteiger partial charge in [-0.2, -0.15) is 0 Å². The Labute approximate surface area is 167 Å². The molecule has 0 spiro atoms. The average molecular weight is 389 g/mol. The number of likely N-dealkylation sites (tertiary alicyclic amines) is 1. The number of carbonyl (C=O) groups excluding carboxylic acids is 2. The molecular formula is C22H32N2O4. The number of piperidine rings is 1. The van der Waals surface area contributed by atoms with Crippen LogP contribution in [-0.4, -0.2) is 47.4 Å². The molecule has 6 nitrogen and oxygen atoms in total. The maximum atomic E-state index is 13.0. The van der Waals surface area contributed by atoms with E-state index in [1.165, 1.54) is 0 Å². The Hall–Kier alpha value is -2.24. The number of nitrogens with zero attached hydrogens (tertiary/aromatic N) is 2. The number of aryl methyl sites for hydroxylation is 1. The molecule has 1 saturated heterocycles. The molecule has 2 atom stereocenters. The second-order valence-corrected chi connectivity index (χ2v) is 9.75. The number of fused-ring (bicyclic) bond motifs is 3. The Morgan fingerprint density at radius 1 is 1.00 bits per heavy atom. The molecule has 1 fully saturated rings. The second kappa shape index (κ2) is 6.98. The number of rotatable bonds is 0. The molecule has 2 heterocycles. The van der Waals surface area contributed by atoms with E-state index in [4.69, 9.17) is 9.47 Å². The number of carbonyl (C=O) groups is 2. The summed E-state index contributed by atoms with van der Waals surface area (Å²) >= 11 is 0. The molecule has 1 aromatic rings. The largest absolute Gasteiger partial charge is 0.444 e. The summed E-state index contributed by atoms with van der Waals surface area (Å²) in [6.45, 7) is 14.4. The van der Waals surface area contributed by atoms with Crippen LogP contribution in [0.5, 0.6) is 0 Å². The van der Waals surface area contributed by atoms with Gasteiger partial charge in [0, 0.05) is 19.0 Å². The minimum Gasteiger partial charge on any atom is -0.444 e. The van der Waals surface area contributed by atoms with Gasteiger partial charge in [0.1, 0.15) is 11.2 Å². The van der Waals surface area contributed by atoms with Crippen LogP contribution < -0.4 is 4.90 Å². The first kappa shape index (κ1) is 20.5. The van der Waals surface area contributed by atoms with Crippen molar-refractivity contribution in [1.29, 1.82) is 0 Å². The lowest BCUT2D eigenvalue weighted by Crippen LogP contribution is -2.51. The highest BCUT2D eigenvalue weighted by molar-refractivity contribution is 5.93. The van der Waals surface area contributed by atoms with Gasteiger partial charge in [0.15, 0.2) is 0 Å². The molecule has 28 heavy (non-hydrogen) atoms. The lowest BCUT2D eigenvalue weighted by atomic mass is 9.89. The van der Waals surface area contributed by atoms with Crippen LogP contribution in [0.25, 0.3) is 0 Å². The third-order valence-corrected chi connectivity index (χ3v) is 5.06. The fourth-order valence-electron chi connectivity index (χ4n) is 4.06. The Morgan fingerprint density at radius 2 is 1.61 bits per heavy atom. The van der Waals surface area contributed by atoms with Gasteiger partial charge in [-0.25, -0.2) is 9.59 Å². The van der Waals surface area contributed by atoms with Gasteiger partial charge in [-0.1, -0.05) is 18.2 Å². The minimum absolute atomic E-state index is 0.00960. The van der Waals surface area contributed by atoms with Crippen LogP contribution >= 0.6 is 0 Å². The van der Waals surface area contributed by atoms with Crippen molar-refractivity contribution in [3.8, 4) is 0 Å². The number of para-hydroxylation sites is 1. The van der Waals surface area contributed by atoms with Crippen LogP contribution in [0.1, 0.15) is 65.0 Å². The standard InChI is InChI=1S/C22H32N2O4/c1-14-9-8-10-15-16-13-23(19(25)27-21(2,3)4)12-11-17(16)24(18(14)15)20(26)28-22(5,6)7/h8-10,16-17H,11-13H2,1-7H3. The van der Waals surface area contributed by atoms with Crippen LogP contribution in [0, 0.1) is 6.92 Å². The van der Waals surface area contributed by atoms with E-state index in [1.807, 2.05) is 65.5 Å². The summed E-state index contributed by atoms with van der Waals surface area (Å²) in [6, 6.07) is 6.07. The van der Waals surface area contributed by atoms with Crippen molar-refractivity contribution in [2.75, 3.05) is 18.0 Å². The first-order valence-corrected chi connectivity index (χ1v) is 9.97. The summed E-state index contributed by atoms with van der Waals surface area (Å²) in [6.07, 6.45) is 0.0780. The summed E-state index contributed by atoms with van der Waals surface area (Å²) < 4.78 is 11.3. The fraction of sp³-hybridized carbons (Fsp3) is 0.636. The highest BCUT2D eigenvalue weighted by atomic mass is 16.6. The highest BCUT2D eigenvalue weighted by Gasteiger charge is 2.47. The van der Waals surface area contributed by atoms with Gasteiger partial charge >= 0.3 is 12.2 Å². The van der Waals surface area contributed by atoms with Crippen LogP contribution in [-0.2, 0) is 9.47 Å². The average Bonchev–Trinajstić information content (AvgIpc) is 2.87. The molecule has 1 aromatic carbocycles. The quantitative estimate of drug-likeness (QED) is 0.638. The van der Waals surface area contributed by atoms with Crippen molar-refractivity contribution in [1.82, 2.24) is 4.90 Å². The SMILES string of the molecule is Cc1cccc2c1N(C(=O)OC(C)(C)C)C1CCN(C(=O)OC(C)(C)C)CC21. The molecule has 2 aliphatic rings. The van der Waals surface area contributed by atoms with E-state index >= 15 is 0 Å². The Kier molecular flexibility index (Phi) is 5.11. The second-order valence-electron chi connectivity index (χ2n) is 9.75. The van der Waals surface area contributed by atoms with Crippen LogP contribution in [0.4, 0.5) is 15.3 Å². The molecule has 154 valence electrons. The predicted molar refractivity (Wildman–Crippen MR) is 109 cm³/mol. The molecule has 0 aliphatic carbocycles. The maximum Gasteiger partial charge on any atom is 0.415 e. The van der Waals surface area contributed by atoms with E-state index in [-0.39, 0.29) is 24.1 Å². The van der Waals surface area contributed by atoms with Gasteiger partial charge in [0.05, 0.1) is 11.7 Å². The molecule has 0 bridgehead atoms. The van der Waals surface area contributed by atoms with Gasteiger partial charge < -0.3 is 14.4 Å². The van der Waals surface area contributed by atoms with Gasteiger partial charge in [-0.05, 0) is 66.0 Å². The minimum atomic E-state index is -0.560. The van der Waals surface area contributed by atoms with E-state index in [9.17, 15) is 9.59 Å². The van der Waals surface area contributed by atoms with E-state index in [2.05, 4.69) is 6.07 Å². The molecule has 2 unspecified atom stereocenters. The highest BCUT2D eigenvalue weighted by Crippen LogP contribution is 2.47. The third-order valence-electron chi connectivity index (χ3n) is 5.06. The van der Waals surface area contributed by atoms with E-state index < -0.39 is 11.2 Å². The number of anilines is 1. The van der Waals surface area contributed by atoms with Crippen molar-refractivity contribution < 1.29 is 19.1 Å². The summed E-state index contributed by atoms with van der Waals surface area (Å²) in [5.74, 6) is 0.0590. The zero-order chi connectivity index (χ0) is 20.9. The molecule has 2 aliphatic heterocycles. The molecule has 2 amide bonds. The number of ether oxygens (including phenoxy) is 2. The lowest BCUT2D eigenvalue weighted by Gasteiger charge is -2.38. The first-order chi connectivity index (χ1) is 12.9. The molecule has 0 N–H and O–H groups in total. The van der Waals surface area contributed by atoms with Crippen LogP contribution in [0.15, 0.2) is 18.2 Å². The Morgan fingerprint density at radius 3 is 2.21 bits per heavy atom. The molecule has 6 heteroatoms. The molecule has 0 radical (unpaired) electrons. The number of benzene rings is 1. The van der Waals surface area contributed by atoms with Crippen molar-refractivity contribution in [3.63, 3.8) is 0 Å².